The lowest BCUT2D eigenvalue weighted by Gasteiger charge is -2.42. The van der Waals surface area contributed by atoms with Gasteiger partial charge in [0.2, 0.25) is 0 Å². The molecule has 85 heavy (non-hydrogen) atoms. The minimum atomic E-state index is -9.05. The van der Waals surface area contributed by atoms with Gasteiger partial charge in [-0.2, -0.15) is 198 Å². The topological polar surface area (TPSA) is 30.9 Å². The molecule has 0 heterocycles. The Hall–Kier alpha value is -3.52. The van der Waals surface area contributed by atoms with Crippen LogP contribution in [0.2, 0.25) is 0 Å². The van der Waals surface area contributed by atoms with Crippen molar-refractivity contribution < 1.29 is 225 Å². The van der Waals surface area contributed by atoms with Gasteiger partial charge in [-0.05, 0) is 0 Å². The summed E-state index contributed by atoms with van der Waals surface area (Å²) in [6, 6.07) is 0. The van der Waals surface area contributed by atoms with Crippen LogP contribution in [0.3, 0.4) is 0 Å². The quantitative estimate of drug-likeness (QED) is 0.0613. The van der Waals surface area contributed by atoms with E-state index in [1.165, 1.54) is 0 Å². The molecule has 0 aromatic rings. The SMILES string of the molecule is FC(CC(F)(F)F)C(F)(F)C(F)(F)C(F)(F)C(F)(F)C(F)(F)C(F)(F)OCCN(CCOC(F)(F)C(F)(F)C(F)(F)C(F)(F)C(F)(F)C(F)(F)C(F)CC(F)(F)F)CCOC(F)(F)C(F)(F)C(F)(F)C(F)(F)C(F)(F)C(F)(F)C(F)CC(F)(F)F. The first kappa shape index (κ1) is 81.5. The minimum Gasteiger partial charge on any atom is -0.314 e. The molecule has 0 aliphatic heterocycles. The van der Waals surface area contributed by atoms with Crippen molar-refractivity contribution in [2.45, 2.75) is 163 Å². The second-order valence-corrected chi connectivity index (χ2v) is 16.6. The van der Waals surface area contributed by atoms with E-state index in [-0.39, 0.29) is 0 Å². The summed E-state index contributed by atoms with van der Waals surface area (Å²) in [4.78, 5) is -1.22. The summed E-state index contributed by atoms with van der Waals surface area (Å²) in [6.45, 7) is -18.6. The molecule has 512 valence electrons. The van der Waals surface area contributed by atoms with Crippen LogP contribution in [0.15, 0.2) is 0 Å². The van der Waals surface area contributed by atoms with Crippen molar-refractivity contribution in [3.63, 3.8) is 0 Å². The zero-order valence-electron chi connectivity index (χ0n) is 38.4. The highest BCUT2D eigenvalue weighted by atomic mass is 19.4. The minimum absolute atomic E-state index is 1.22. The first-order chi connectivity index (χ1) is 36.4. The van der Waals surface area contributed by atoms with Crippen molar-refractivity contribution >= 4 is 0 Å². The summed E-state index contributed by atoms with van der Waals surface area (Å²) in [7, 11) is 0. The van der Waals surface area contributed by atoms with Crippen molar-refractivity contribution in [2.75, 3.05) is 39.5 Å². The molecule has 0 aliphatic rings. The first-order valence-electron chi connectivity index (χ1n) is 20.0. The van der Waals surface area contributed by atoms with Gasteiger partial charge >= 0.3 is 126 Å². The monoisotopic (exact) mass is 1390 g/mol. The van der Waals surface area contributed by atoms with Gasteiger partial charge in [-0.3, -0.25) is 4.90 Å². The number of nitrogens with zero attached hydrogens (tertiary/aromatic N) is 1. The highest BCUT2D eigenvalue weighted by Gasteiger charge is 2.94. The van der Waals surface area contributed by atoms with Crippen molar-refractivity contribution in [1.82, 2.24) is 4.90 Å². The summed E-state index contributed by atoms with van der Waals surface area (Å²) >= 11 is 0. The van der Waals surface area contributed by atoms with Gasteiger partial charge in [-0.1, -0.05) is 0 Å². The molecule has 0 rings (SSSR count). The van der Waals surface area contributed by atoms with Gasteiger partial charge in [0.05, 0.1) is 39.1 Å². The van der Waals surface area contributed by atoms with Crippen molar-refractivity contribution in [2.24, 2.45) is 0 Å². The maximum absolute atomic E-state index is 14.3. The maximum atomic E-state index is 14.3. The fourth-order valence-electron chi connectivity index (χ4n) is 5.46. The van der Waals surface area contributed by atoms with Gasteiger partial charge in [-0.25, -0.2) is 13.2 Å². The number of alkyl halides is 48. The van der Waals surface area contributed by atoms with Gasteiger partial charge in [-0.15, -0.1) is 0 Å². The third-order valence-electron chi connectivity index (χ3n) is 10.4. The molecule has 0 spiro atoms. The van der Waals surface area contributed by atoms with E-state index in [0.717, 1.165) is 0 Å². The molecule has 0 aromatic heterocycles. The first-order valence-corrected chi connectivity index (χ1v) is 20.0. The van der Waals surface area contributed by atoms with E-state index < -0.39 is 208 Å². The fourth-order valence-corrected chi connectivity index (χ4v) is 5.46. The van der Waals surface area contributed by atoms with E-state index >= 15 is 0 Å². The highest BCUT2D eigenvalue weighted by Crippen LogP contribution is 2.65. The van der Waals surface area contributed by atoms with Crippen LogP contribution >= 0.6 is 0 Å². The van der Waals surface area contributed by atoms with Gasteiger partial charge in [0, 0.05) is 19.6 Å². The van der Waals surface area contributed by atoms with E-state index in [1.54, 1.807) is 0 Å². The van der Waals surface area contributed by atoms with E-state index in [0.29, 0.717) is 0 Å². The number of hydrogen-bond donors (Lipinski definition) is 0. The Morgan fingerprint density at radius 3 is 0.494 bits per heavy atom. The highest BCUT2D eigenvalue weighted by molar-refractivity contribution is 5.15. The molecular formula is C33H21F48NO3. The molecule has 0 bridgehead atoms. The smallest absolute Gasteiger partial charge is 0.314 e. The maximum Gasteiger partial charge on any atom is 0.426 e. The second kappa shape index (κ2) is 23.7. The number of halogens is 48. The molecule has 3 unspecified atom stereocenters. The van der Waals surface area contributed by atoms with Crippen LogP contribution in [0.1, 0.15) is 19.3 Å². The average molecular weight is 1390 g/mol. The van der Waals surface area contributed by atoms with Crippen LogP contribution in [0.5, 0.6) is 0 Å². The van der Waals surface area contributed by atoms with Crippen LogP contribution in [-0.4, -0.2) is 189 Å². The summed E-state index contributed by atoms with van der Waals surface area (Å²) < 4.78 is 664. The predicted octanol–water partition coefficient (Wildman–Crippen LogP) is 16.5. The number of ether oxygens (including phenoxy) is 3. The van der Waals surface area contributed by atoms with Gasteiger partial charge in [0.1, 0.15) is 0 Å². The Morgan fingerprint density at radius 1 is 0.212 bits per heavy atom. The lowest BCUT2D eigenvalue weighted by Crippen LogP contribution is -2.72. The van der Waals surface area contributed by atoms with Crippen molar-refractivity contribution in [3.8, 4) is 0 Å². The van der Waals surface area contributed by atoms with Crippen LogP contribution in [0.4, 0.5) is 211 Å². The lowest BCUT2D eigenvalue weighted by atomic mass is 9.91. The van der Waals surface area contributed by atoms with Gasteiger partial charge in [0.25, 0.3) is 0 Å². The Morgan fingerprint density at radius 2 is 0.353 bits per heavy atom. The fraction of sp³-hybridized carbons (Fsp3) is 1.00. The Kier molecular flexibility index (Phi) is 22.7. The molecule has 0 saturated heterocycles. The largest absolute Gasteiger partial charge is 0.426 e. The summed E-state index contributed by atoms with van der Waals surface area (Å²) in [5, 5.41) is 0. The molecule has 52 heteroatoms. The molecular weight excluding hydrogens is 1370 g/mol. The standard InChI is InChI=1S/C33H21F48NO3/c34-10(7-13(37,38)39)16(46,47)19(52,53)22(58,59)25(64,65)28(70,71)31(76,77)83-4-1-82(2-5-84-32(78,79)29(72,73)26(66,67)23(60,61)20(54,55)17(48,49)11(35)8-14(40,41)42)3-6-85-33(80,81)30(74,75)27(68,69)24(62,63)21(56,57)18(50,51)12(36)9-15(43,44)45/h10-12H,1-9H2. The summed E-state index contributed by atoms with van der Waals surface area (Å²) in [6.07, 6.45) is -73.6. The Balaban J connectivity index is 7.50. The number of hydrogen-bond acceptors (Lipinski definition) is 4. The normalized spacial score (nSPS) is 17.5. The van der Waals surface area contributed by atoms with Crippen molar-refractivity contribution in [3.05, 3.63) is 0 Å². The van der Waals surface area contributed by atoms with Crippen LogP contribution in [0, 0.1) is 0 Å². The molecule has 0 saturated carbocycles. The molecule has 4 nitrogen and oxygen atoms in total. The van der Waals surface area contributed by atoms with Crippen LogP contribution < -0.4 is 0 Å². The Bertz CT molecular complexity index is 1940. The molecule has 0 aromatic carbocycles. The summed E-state index contributed by atoms with van der Waals surface area (Å²) in [5.41, 5.74) is 0. The summed E-state index contributed by atoms with van der Waals surface area (Å²) in [5.74, 6) is -131. The number of rotatable bonds is 33. The zero-order valence-corrected chi connectivity index (χ0v) is 38.4. The van der Waals surface area contributed by atoms with Crippen LogP contribution in [0.25, 0.3) is 0 Å². The Labute approximate surface area is 433 Å². The second-order valence-electron chi connectivity index (χ2n) is 16.6. The van der Waals surface area contributed by atoms with E-state index in [1.807, 2.05) is 0 Å². The molecule has 0 N–H and O–H groups in total. The third-order valence-corrected chi connectivity index (χ3v) is 10.4. The lowest BCUT2D eigenvalue weighted by molar-refractivity contribution is -0.461. The molecule has 0 radical (unpaired) electrons. The molecule has 3 atom stereocenters. The van der Waals surface area contributed by atoms with E-state index in [2.05, 4.69) is 14.2 Å². The molecule has 0 amide bonds. The van der Waals surface area contributed by atoms with Crippen LogP contribution in [-0.2, 0) is 14.2 Å². The van der Waals surface area contributed by atoms with Gasteiger partial charge in [0.15, 0.2) is 18.5 Å². The zero-order chi connectivity index (χ0) is 69.3. The molecule has 0 fully saturated rings. The van der Waals surface area contributed by atoms with E-state index in [9.17, 15) is 211 Å². The van der Waals surface area contributed by atoms with Crippen molar-refractivity contribution in [1.29, 1.82) is 0 Å². The van der Waals surface area contributed by atoms with Gasteiger partial charge < -0.3 is 14.2 Å². The predicted molar refractivity (Wildman–Crippen MR) is 170 cm³/mol. The molecule has 0 aliphatic carbocycles. The van der Waals surface area contributed by atoms with E-state index in [4.69, 9.17) is 0 Å². The average Bonchev–Trinajstić information content (AvgIpc) is 3.25. The third kappa shape index (κ3) is 14.4.